The monoisotopic (exact) mass is 208 g/mol. The molecule has 0 saturated heterocycles. The van der Waals surface area contributed by atoms with Crippen LogP contribution in [0.2, 0.25) is 0 Å². The van der Waals surface area contributed by atoms with Crippen LogP contribution in [0.3, 0.4) is 0 Å². The third-order valence-electron chi connectivity index (χ3n) is 3.26. The Morgan fingerprint density at radius 2 is 2.27 bits per heavy atom. The van der Waals surface area contributed by atoms with Gasteiger partial charge in [-0.15, -0.1) is 5.10 Å². The van der Waals surface area contributed by atoms with Crippen LogP contribution < -0.4 is 5.32 Å². The van der Waals surface area contributed by atoms with Crippen LogP contribution in [0.25, 0.3) is 0 Å². The molecule has 1 N–H and O–H groups in total. The molecule has 4 heteroatoms. The molecule has 0 aromatic carbocycles. The molecule has 84 valence electrons. The van der Waals surface area contributed by atoms with Crippen molar-refractivity contribution in [3.8, 4) is 0 Å². The average molecular weight is 208 g/mol. The summed E-state index contributed by atoms with van der Waals surface area (Å²) in [5.41, 5.74) is 2.88. The molecule has 4 nitrogen and oxygen atoms in total. The van der Waals surface area contributed by atoms with E-state index >= 15 is 0 Å². The Labute approximate surface area is 91.1 Å². The maximum atomic E-state index is 4.29. The van der Waals surface area contributed by atoms with Gasteiger partial charge in [-0.1, -0.05) is 19.1 Å². The van der Waals surface area contributed by atoms with Crippen LogP contribution in [-0.2, 0) is 13.5 Å². The topological polar surface area (TPSA) is 42.7 Å². The summed E-state index contributed by atoms with van der Waals surface area (Å²) in [6, 6.07) is 0. The summed E-state index contributed by atoms with van der Waals surface area (Å²) in [7, 11) is 3.99. The van der Waals surface area contributed by atoms with E-state index in [-0.39, 0.29) is 0 Å². The molecule has 1 aliphatic rings. The van der Waals surface area contributed by atoms with Gasteiger partial charge in [0.25, 0.3) is 0 Å². The molecule has 0 bridgehead atoms. The highest BCUT2D eigenvalue weighted by molar-refractivity contribution is 5.22. The Morgan fingerprint density at radius 3 is 2.93 bits per heavy atom. The molecule has 0 amide bonds. The second-order valence-electron chi connectivity index (χ2n) is 5.34. The van der Waals surface area contributed by atoms with E-state index in [2.05, 4.69) is 29.5 Å². The van der Waals surface area contributed by atoms with Gasteiger partial charge in [0.05, 0.1) is 11.4 Å². The second-order valence-corrected chi connectivity index (χ2v) is 5.34. The molecule has 1 aromatic rings. The first-order chi connectivity index (χ1) is 7.03. The highest BCUT2D eigenvalue weighted by atomic mass is 15.4. The van der Waals surface area contributed by atoms with Crippen LogP contribution in [0.5, 0.6) is 0 Å². The Bertz CT molecular complexity index is 353. The Balaban J connectivity index is 2.35. The first-order valence-electron chi connectivity index (χ1n) is 5.56. The number of aromatic nitrogens is 3. The minimum absolute atomic E-state index is 0.365. The summed E-state index contributed by atoms with van der Waals surface area (Å²) in [4.78, 5) is 0. The van der Waals surface area contributed by atoms with Crippen molar-refractivity contribution in [1.82, 2.24) is 20.3 Å². The third-order valence-corrected chi connectivity index (χ3v) is 3.26. The molecule has 0 fully saturated rings. The first kappa shape index (κ1) is 10.6. The molecule has 1 atom stereocenters. The van der Waals surface area contributed by atoms with Gasteiger partial charge in [-0.2, -0.15) is 0 Å². The Kier molecular flexibility index (Phi) is 2.54. The number of aryl methyl sites for hydroxylation is 1. The lowest BCUT2D eigenvalue weighted by atomic mass is 9.72. The zero-order valence-electron chi connectivity index (χ0n) is 10.0. The predicted octanol–water partition coefficient (Wildman–Crippen LogP) is 1.09. The maximum absolute atomic E-state index is 4.29. The zero-order valence-corrected chi connectivity index (χ0v) is 10.0. The van der Waals surface area contributed by atoms with Gasteiger partial charge in [0, 0.05) is 19.5 Å². The van der Waals surface area contributed by atoms with Crippen molar-refractivity contribution < 1.29 is 0 Å². The minimum Gasteiger partial charge on any atom is -0.319 e. The van der Waals surface area contributed by atoms with Crippen molar-refractivity contribution >= 4 is 0 Å². The van der Waals surface area contributed by atoms with Crippen LogP contribution in [-0.4, -0.2) is 28.6 Å². The maximum Gasteiger partial charge on any atom is 0.0902 e. The third kappa shape index (κ3) is 1.91. The standard InChI is InChI=1S/C11H20N4/c1-11(2)5-8(7-12-3)10-9(6-11)15(4)14-13-10/h8,12H,5-7H2,1-4H3. The van der Waals surface area contributed by atoms with Gasteiger partial charge in [-0.25, -0.2) is 0 Å². The molecule has 2 rings (SSSR count). The van der Waals surface area contributed by atoms with E-state index in [0.717, 1.165) is 13.0 Å². The van der Waals surface area contributed by atoms with E-state index < -0.39 is 0 Å². The van der Waals surface area contributed by atoms with Crippen molar-refractivity contribution in [1.29, 1.82) is 0 Å². The molecule has 1 unspecified atom stereocenters. The molecule has 0 radical (unpaired) electrons. The highest BCUT2D eigenvalue weighted by Gasteiger charge is 2.35. The van der Waals surface area contributed by atoms with Gasteiger partial charge in [0.15, 0.2) is 0 Å². The van der Waals surface area contributed by atoms with Crippen molar-refractivity contribution in [2.75, 3.05) is 13.6 Å². The molecule has 0 saturated carbocycles. The number of fused-ring (bicyclic) bond motifs is 1. The number of nitrogens with one attached hydrogen (secondary N) is 1. The van der Waals surface area contributed by atoms with Gasteiger partial charge in [0.2, 0.25) is 0 Å². The first-order valence-corrected chi connectivity index (χ1v) is 5.56. The van der Waals surface area contributed by atoms with E-state index in [9.17, 15) is 0 Å². The quantitative estimate of drug-likeness (QED) is 0.791. The molecular weight excluding hydrogens is 188 g/mol. The number of likely N-dealkylation sites (N-methyl/N-ethyl adjacent to an activating group) is 1. The van der Waals surface area contributed by atoms with Crippen LogP contribution >= 0.6 is 0 Å². The smallest absolute Gasteiger partial charge is 0.0902 e. The molecule has 1 heterocycles. The molecule has 0 spiro atoms. The van der Waals surface area contributed by atoms with Crippen molar-refractivity contribution in [3.05, 3.63) is 11.4 Å². The average Bonchev–Trinajstić information content (AvgIpc) is 2.47. The zero-order chi connectivity index (χ0) is 11.1. The lowest BCUT2D eigenvalue weighted by molar-refractivity contribution is 0.269. The second kappa shape index (κ2) is 3.59. The fourth-order valence-electron chi connectivity index (χ4n) is 2.62. The summed E-state index contributed by atoms with van der Waals surface area (Å²) in [5.74, 6) is 0.516. The molecule has 15 heavy (non-hydrogen) atoms. The molecule has 0 aliphatic heterocycles. The fourth-order valence-corrected chi connectivity index (χ4v) is 2.62. The number of hydrogen-bond acceptors (Lipinski definition) is 3. The fraction of sp³-hybridized carbons (Fsp3) is 0.818. The van der Waals surface area contributed by atoms with Crippen LogP contribution in [0.4, 0.5) is 0 Å². The van der Waals surface area contributed by atoms with Crippen LogP contribution in [0.15, 0.2) is 0 Å². The van der Waals surface area contributed by atoms with Gasteiger partial charge in [-0.3, -0.25) is 4.68 Å². The Hall–Kier alpha value is -0.900. The van der Waals surface area contributed by atoms with Gasteiger partial charge in [-0.05, 0) is 25.3 Å². The number of hydrogen-bond donors (Lipinski definition) is 1. The van der Waals surface area contributed by atoms with Gasteiger partial charge >= 0.3 is 0 Å². The van der Waals surface area contributed by atoms with E-state index in [4.69, 9.17) is 0 Å². The van der Waals surface area contributed by atoms with Gasteiger partial charge < -0.3 is 5.32 Å². The lowest BCUT2D eigenvalue weighted by Gasteiger charge is -2.34. The van der Waals surface area contributed by atoms with Crippen molar-refractivity contribution in [2.24, 2.45) is 12.5 Å². The normalized spacial score (nSPS) is 23.9. The summed E-state index contributed by atoms with van der Waals surface area (Å²) >= 11 is 0. The molecule has 1 aromatic heterocycles. The summed E-state index contributed by atoms with van der Waals surface area (Å²) in [6.45, 7) is 5.65. The summed E-state index contributed by atoms with van der Waals surface area (Å²) in [6.07, 6.45) is 2.28. The van der Waals surface area contributed by atoms with Crippen molar-refractivity contribution in [3.63, 3.8) is 0 Å². The van der Waals surface area contributed by atoms with E-state index in [1.807, 2.05) is 18.8 Å². The highest BCUT2D eigenvalue weighted by Crippen LogP contribution is 2.40. The SMILES string of the molecule is CNCC1CC(C)(C)Cc2c1nnn2C. The van der Waals surface area contributed by atoms with Crippen LogP contribution in [0.1, 0.15) is 37.6 Å². The van der Waals surface area contributed by atoms with Crippen LogP contribution in [0, 0.1) is 5.41 Å². The number of rotatable bonds is 2. The van der Waals surface area contributed by atoms with Gasteiger partial charge in [0.1, 0.15) is 0 Å². The van der Waals surface area contributed by atoms with E-state index in [1.165, 1.54) is 17.8 Å². The van der Waals surface area contributed by atoms with E-state index in [1.54, 1.807) is 0 Å². The van der Waals surface area contributed by atoms with Crippen molar-refractivity contribution in [2.45, 2.75) is 32.6 Å². The molecular formula is C11H20N4. The largest absolute Gasteiger partial charge is 0.319 e. The predicted molar refractivity (Wildman–Crippen MR) is 59.8 cm³/mol. The van der Waals surface area contributed by atoms with E-state index in [0.29, 0.717) is 11.3 Å². The lowest BCUT2D eigenvalue weighted by Crippen LogP contribution is -2.31. The minimum atomic E-state index is 0.365. The summed E-state index contributed by atoms with van der Waals surface area (Å²) < 4.78 is 1.93. The summed E-state index contributed by atoms with van der Waals surface area (Å²) in [5, 5.41) is 11.7. The number of nitrogens with zero attached hydrogens (tertiary/aromatic N) is 3. The Morgan fingerprint density at radius 1 is 1.53 bits per heavy atom. The molecule has 1 aliphatic carbocycles.